The molecular formula is C33H29N5O11. The number of likely N-dealkylation sites (N-methyl/N-ethyl adjacent to an activating group) is 1. The molecule has 0 radical (unpaired) electrons. The summed E-state index contributed by atoms with van der Waals surface area (Å²) in [5.41, 5.74) is -2.31. The Morgan fingerprint density at radius 1 is 0.857 bits per heavy atom. The summed E-state index contributed by atoms with van der Waals surface area (Å²) in [5, 5.41) is 20.0. The number of esters is 3. The van der Waals surface area contributed by atoms with Crippen molar-refractivity contribution in [3.8, 4) is 0 Å². The quantitative estimate of drug-likeness (QED) is 0.140. The third-order valence-corrected chi connectivity index (χ3v) is 8.38. The van der Waals surface area contributed by atoms with Gasteiger partial charge in [-0.3, -0.25) is 24.7 Å². The molecule has 16 heteroatoms. The topological polar surface area (TPSA) is 197 Å². The molecule has 3 aliphatic rings. The summed E-state index contributed by atoms with van der Waals surface area (Å²) in [6.07, 6.45) is -6.42. The molecular weight excluding hydrogens is 642 g/mol. The molecule has 0 spiro atoms. The Hall–Kier alpha value is -6.03. The SMILES string of the molecule is CN1C(=O)N([C@@H]2O[C@H](COC(=O)c3ccccc3)[C@@H](OC(=O)c3ccccc3)[C@H]2OC(=O)c2ccccc2)C2CCN=NC2([N+](=O)[O-])C1=O. The Kier molecular flexibility index (Phi) is 9.13. The third-order valence-electron chi connectivity index (χ3n) is 8.38. The highest BCUT2D eigenvalue weighted by atomic mass is 16.7. The smallest absolute Gasteiger partial charge is 0.427 e. The van der Waals surface area contributed by atoms with Gasteiger partial charge < -0.3 is 18.9 Å². The minimum Gasteiger partial charge on any atom is -0.459 e. The first-order valence-corrected chi connectivity index (χ1v) is 15.2. The molecule has 252 valence electrons. The van der Waals surface area contributed by atoms with Gasteiger partial charge in [0.2, 0.25) is 0 Å². The largest absolute Gasteiger partial charge is 0.459 e. The van der Waals surface area contributed by atoms with E-state index in [2.05, 4.69) is 10.2 Å². The van der Waals surface area contributed by atoms with E-state index in [1.54, 1.807) is 54.6 Å². The Balaban J connectivity index is 1.42. The number of hydrogen-bond donors (Lipinski definition) is 0. The molecule has 2 saturated heterocycles. The summed E-state index contributed by atoms with van der Waals surface area (Å²) in [6.45, 7) is -0.634. The van der Waals surface area contributed by atoms with E-state index in [-0.39, 0.29) is 29.7 Å². The molecule has 0 saturated carbocycles. The number of nitrogens with zero attached hydrogens (tertiary/aromatic N) is 5. The number of imide groups is 1. The van der Waals surface area contributed by atoms with Gasteiger partial charge in [-0.1, -0.05) is 54.6 Å². The van der Waals surface area contributed by atoms with Crippen LogP contribution in [0.2, 0.25) is 0 Å². The first-order chi connectivity index (χ1) is 23.6. The molecule has 0 aliphatic carbocycles. The molecule has 0 aromatic heterocycles. The van der Waals surface area contributed by atoms with Crippen LogP contribution in [0.25, 0.3) is 0 Å². The van der Waals surface area contributed by atoms with Gasteiger partial charge >= 0.3 is 35.5 Å². The molecule has 0 N–H and O–H groups in total. The lowest BCUT2D eigenvalue weighted by atomic mass is 9.90. The van der Waals surface area contributed by atoms with Crippen molar-refractivity contribution in [2.24, 2.45) is 10.2 Å². The lowest BCUT2D eigenvalue weighted by Gasteiger charge is -2.46. The van der Waals surface area contributed by atoms with Crippen LogP contribution in [0, 0.1) is 10.1 Å². The molecule has 3 heterocycles. The number of ether oxygens (including phenoxy) is 4. The molecule has 6 rings (SSSR count). The van der Waals surface area contributed by atoms with Gasteiger partial charge in [0.1, 0.15) is 18.8 Å². The van der Waals surface area contributed by atoms with E-state index in [1.165, 1.54) is 36.4 Å². The van der Waals surface area contributed by atoms with E-state index in [9.17, 15) is 34.1 Å². The Labute approximate surface area is 278 Å². The minimum atomic E-state index is -2.73. The van der Waals surface area contributed by atoms with Crippen LogP contribution in [0.15, 0.2) is 101 Å². The number of fused-ring (bicyclic) bond motifs is 1. The van der Waals surface area contributed by atoms with E-state index in [0.717, 1.165) is 11.9 Å². The standard InChI is InChI=1S/C33H29N5O11/c1-36-31(42)33(38(44)45)24(17-18-34-35-33)37(32(36)43)27-26(49-30(41)22-15-9-4-10-16-22)25(48-29(40)21-13-7-3-8-14-21)23(47-27)19-46-28(39)20-11-5-2-6-12-20/h2-16,23-27H,17-19H2,1H3/t23-,24?,25-,26-,27-,33?/m1/s1. The monoisotopic (exact) mass is 671 g/mol. The van der Waals surface area contributed by atoms with E-state index in [1.807, 2.05) is 0 Å². The molecule has 2 unspecified atom stereocenters. The molecule has 6 atom stereocenters. The third kappa shape index (κ3) is 6.09. The predicted octanol–water partition coefficient (Wildman–Crippen LogP) is 3.11. The number of rotatable bonds is 9. The fourth-order valence-electron chi connectivity index (χ4n) is 5.97. The molecule has 0 bridgehead atoms. The van der Waals surface area contributed by atoms with Crippen LogP contribution in [0.1, 0.15) is 37.5 Å². The summed E-state index contributed by atoms with van der Waals surface area (Å²) in [4.78, 5) is 80.1. The fourth-order valence-corrected chi connectivity index (χ4v) is 5.97. The van der Waals surface area contributed by atoms with Crippen LogP contribution in [0.3, 0.4) is 0 Å². The van der Waals surface area contributed by atoms with E-state index < -0.39 is 77.6 Å². The van der Waals surface area contributed by atoms with Crippen LogP contribution < -0.4 is 0 Å². The van der Waals surface area contributed by atoms with Crippen molar-refractivity contribution in [3.05, 3.63) is 118 Å². The Morgan fingerprint density at radius 3 is 1.90 bits per heavy atom. The van der Waals surface area contributed by atoms with Crippen LogP contribution in [0.5, 0.6) is 0 Å². The van der Waals surface area contributed by atoms with Crippen LogP contribution >= 0.6 is 0 Å². The van der Waals surface area contributed by atoms with Crippen LogP contribution in [0.4, 0.5) is 4.79 Å². The van der Waals surface area contributed by atoms with Gasteiger partial charge in [0.25, 0.3) is 0 Å². The predicted molar refractivity (Wildman–Crippen MR) is 165 cm³/mol. The van der Waals surface area contributed by atoms with Crippen molar-refractivity contribution < 1.29 is 47.8 Å². The molecule has 2 fully saturated rings. The summed E-state index contributed by atoms with van der Waals surface area (Å²) < 4.78 is 23.6. The fraction of sp³-hybridized carbons (Fsp3) is 0.303. The van der Waals surface area contributed by atoms with Gasteiger partial charge in [-0.15, -0.1) is 5.11 Å². The normalized spacial score (nSPS) is 26.1. The lowest BCUT2D eigenvalue weighted by Crippen LogP contribution is -2.75. The number of azo groups is 1. The number of carbonyl (C=O) groups excluding carboxylic acids is 5. The summed E-state index contributed by atoms with van der Waals surface area (Å²) in [6, 6.07) is 21.1. The average Bonchev–Trinajstić information content (AvgIpc) is 3.45. The molecule has 49 heavy (non-hydrogen) atoms. The van der Waals surface area contributed by atoms with Crippen molar-refractivity contribution in [1.29, 1.82) is 0 Å². The number of benzene rings is 3. The highest BCUT2D eigenvalue weighted by Gasteiger charge is 2.71. The highest BCUT2D eigenvalue weighted by molar-refractivity contribution is 6.02. The second-order valence-electron chi connectivity index (χ2n) is 11.3. The van der Waals surface area contributed by atoms with Crippen molar-refractivity contribution >= 4 is 29.8 Å². The summed E-state index contributed by atoms with van der Waals surface area (Å²) in [7, 11) is 1.04. The molecule has 3 aliphatic heterocycles. The Morgan fingerprint density at radius 2 is 1.37 bits per heavy atom. The number of urea groups is 1. The van der Waals surface area contributed by atoms with Gasteiger partial charge in [0.15, 0.2) is 18.4 Å². The number of nitro groups is 1. The maximum absolute atomic E-state index is 13.9. The number of carbonyl (C=O) groups is 5. The van der Waals surface area contributed by atoms with E-state index >= 15 is 0 Å². The second kappa shape index (κ2) is 13.6. The molecule has 3 aromatic rings. The first-order valence-electron chi connectivity index (χ1n) is 15.2. The highest BCUT2D eigenvalue weighted by Crippen LogP contribution is 2.41. The van der Waals surface area contributed by atoms with Gasteiger partial charge in [-0.2, -0.15) is 5.11 Å². The van der Waals surface area contributed by atoms with Crippen molar-refractivity contribution in [3.63, 3.8) is 0 Å². The second-order valence-corrected chi connectivity index (χ2v) is 11.3. The maximum Gasteiger partial charge on any atom is 0.427 e. The zero-order valence-electron chi connectivity index (χ0n) is 25.9. The summed E-state index contributed by atoms with van der Waals surface area (Å²) in [5.74, 6) is -3.74. The lowest BCUT2D eigenvalue weighted by molar-refractivity contribution is -0.565. The Bertz CT molecular complexity index is 1790. The van der Waals surface area contributed by atoms with Gasteiger partial charge in [-0.25, -0.2) is 19.2 Å². The maximum atomic E-state index is 13.9. The van der Waals surface area contributed by atoms with Crippen molar-refractivity contribution in [2.45, 2.75) is 42.7 Å². The van der Waals surface area contributed by atoms with Crippen LogP contribution in [-0.4, -0.2) is 101 Å². The van der Waals surface area contributed by atoms with Gasteiger partial charge in [-0.05, 0) is 42.8 Å². The molecule has 3 aromatic carbocycles. The van der Waals surface area contributed by atoms with Crippen molar-refractivity contribution in [1.82, 2.24) is 9.80 Å². The number of amides is 3. The van der Waals surface area contributed by atoms with E-state index in [0.29, 0.717) is 4.90 Å². The summed E-state index contributed by atoms with van der Waals surface area (Å²) >= 11 is 0. The zero-order chi connectivity index (χ0) is 34.7. The van der Waals surface area contributed by atoms with Gasteiger partial charge in [0, 0.05) is 7.05 Å². The zero-order valence-corrected chi connectivity index (χ0v) is 25.9. The minimum absolute atomic E-state index is 0.0766. The molecule has 16 nitrogen and oxygen atoms in total. The van der Waals surface area contributed by atoms with Crippen LogP contribution in [-0.2, 0) is 23.7 Å². The average molecular weight is 672 g/mol. The van der Waals surface area contributed by atoms with Crippen molar-refractivity contribution in [2.75, 3.05) is 20.2 Å². The first kappa shape index (κ1) is 32.9. The van der Waals surface area contributed by atoms with Gasteiger partial charge in [0.05, 0.1) is 28.2 Å². The number of hydrogen-bond acceptors (Lipinski definition) is 13. The molecule has 3 amide bonds. The van der Waals surface area contributed by atoms with E-state index in [4.69, 9.17) is 18.9 Å².